The highest BCUT2D eigenvalue weighted by Gasteiger charge is 2.33. The zero-order valence-electron chi connectivity index (χ0n) is 23.0. The maximum Gasteiger partial charge on any atom is 0.264 e. The van der Waals surface area contributed by atoms with Crippen LogP contribution in [0.3, 0.4) is 0 Å². The second-order valence-corrected chi connectivity index (χ2v) is 12.5. The number of hydrogen-bond donors (Lipinski definition) is 1. The average Bonchev–Trinajstić information content (AvgIpc) is 2.90. The van der Waals surface area contributed by atoms with Gasteiger partial charge in [-0.1, -0.05) is 41.9 Å². The Bertz CT molecular complexity index is 1440. The van der Waals surface area contributed by atoms with Crippen molar-refractivity contribution in [3.05, 3.63) is 89.2 Å². The van der Waals surface area contributed by atoms with E-state index in [2.05, 4.69) is 5.32 Å². The van der Waals surface area contributed by atoms with Gasteiger partial charge in [0.15, 0.2) is 0 Å². The van der Waals surface area contributed by atoms with Crippen LogP contribution in [0.25, 0.3) is 0 Å². The van der Waals surface area contributed by atoms with E-state index in [9.17, 15) is 22.4 Å². The van der Waals surface area contributed by atoms with Crippen molar-refractivity contribution in [2.45, 2.75) is 50.7 Å². The summed E-state index contributed by atoms with van der Waals surface area (Å²) < 4.78 is 47.3. The highest BCUT2D eigenvalue weighted by molar-refractivity contribution is 7.92. The van der Waals surface area contributed by atoms with Crippen LogP contribution < -0.4 is 14.4 Å². The van der Waals surface area contributed by atoms with Crippen molar-refractivity contribution >= 4 is 39.1 Å². The summed E-state index contributed by atoms with van der Waals surface area (Å²) in [6, 6.07) is 16.6. The van der Waals surface area contributed by atoms with Gasteiger partial charge in [0.05, 0.1) is 22.7 Å². The molecular formula is C29H33ClFN3O5S. The number of sulfonamides is 1. The van der Waals surface area contributed by atoms with E-state index < -0.39 is 45.8 Å². The summed E-state index contributed by atoms with van der Waals surface area (Å²) in [5, 5.41) is 3.01. The monoisotopic (exact) mass is 589 g/mol. The summed E-state index contributed by atoms with van der Waals surface area (Å²) in [7, 11) is -2.81. The lowest BCUT2D eigenvalue weighted by Crippen LogP contribution is -2.54. The molecule has 0 bridgehead atoms. The number of rotatable bonds is 10. The minimum Gasteiger partial charge on any atom is -0.495 e. The van der Waals surface area contributed by atoms with Crippen molar-refractivity contribution in [3.8, 4) is 5.75 Å². The molecule has 1 atom stereocenters. The minimum absolute atomic E-state index is 0.0293. The molecule has 0 saturated carbocycles. The molecule has 0 aromatic heterocycles. The van der Waals surface area contributed by atoms with Crippen molar-refractivity contribution in [3.63, 3.8) is 0 Å². The summed E-state index contributed by atoms with van der Waals surface area (Å²) >= 11 is 6.32. The van der Waals surface area contributed by atoms with Gasteiger partial charge in [-0.05, 0) is 75.7 Å². The molecule has 0 saturated heterocycles. The largest absolute Gasteiger partial charge is 0.495 e. The summed E-state index contributed by atoms with van der Waals surface area (Å²) in [6.45, 7) is 6.31. The maximum atomic E-state index is 13.9. The first-order valence-corrected chi connectivity index (χ1v) is 14.3. The van der Waals surface area contributed by atoms with E-state index in [0.29, 0.717) is 11.3 Å². The lowest BCUT2D eigenvalue weighted by molar-refractivity contribution is -0.140. The molecule has 0 radical (unpaired) electrons. The molecule has 0 fully saturated rings. The number of methoxy groups -OCH3 is 1. The maximum absolute atomic E-state index is 13.9. The Hall–Kier alpha value is -3.63. The van der Waals surface area contributed by atoms with E-state index in [1.165, 1.54) is 66.6 Å². The van der Waals surface area contributed by atoms with Crippen LogP contribution in [0.2, 0.25) is 5.02 Å². The molecule has 3 aromatic carbocycles. The number of amides is 2. The van der Waals surface area contributed by atoms with Crippen LogP contribution in [-0.2, 0) is 26.2 Å². The fraction of sp³-hybridized carbons (Fsp3) is 0.310. The minimum atomic E-state index is -4.24. The predicted molar refractivity (Wildman–Crippen MR) is 153 cm³/mol. The third-order valence-corrected chi connectivity index (χ3v) is 8.05. The molecule has 11 heteroatoms. The predicted octanol–water partition coefficient (Wildman–Crippen LogP) is 5.02. The molecule has 1 N–H and O–H groups in total. The molecule has 3 aromatic rings. The molecule has 214 valence electrons. The van der Waals surface area contributed by atoms with E-state index in [1.54, 1.807) is 25.1 Å². The Labute approximate surface area is 239 Å². The Balaban J connectivity index is 2.06. The topological polar surface area (TPSA) is 96.0 Å². The number of halogens is 2. The molecule has 0 aliphatic heterocycles. The number of carbonyl (C=O) groups is 2. The number of anilines is 1. The molecule has 0 heterocycles. The zero-order chi connectivity index (χ0) is 29.7. The van der Waals surface area contributed by atoms with Crippen molar-refractivity contribution in [2.24, 2.45) is 0 Å². The Morgan fingerprint density at radius 1 is 1.02 bits per heavy atom. The zero-order valence-corrected chi connectivity index (χ0v) is 24.6. The van der Waals surface area contributed by atoms with Gasteiger partial charge in [-0.2, -0.15) is 0 Å². The third kappa shape index (κ3) is 7.73. The summed E-state index contributed by atoms with van der Waals surface area (Å²) in [6.07, 6.45) is 0. The van der Waals surface area contributed by atoms with Gasteiger partial charge in [-0.25, -0.2) is 12.8 Å². The SMILES string of the molecule is COc1ccc(N(CC(=O)N(Cc2ccc(F)cc2)[C@@H](C)C(=O)NC(C)(C)C)S(=O)(=O)c2ccccc2)cc1Cl. The molecule has 0 aliphatic carbocycles. The van der Waals surface area contributed by atoms with Gasteiger partial charge >= 0.3 is 0 Å². The van der Waals surface area contributed by atoms with E-state index in [0.717, 1.165) is 4.31 Å². The average molecular weight is 590 g/mol. The van der Waals surface area contributed by atoms with Gasteiger partial charge in [-0.3, -0.25) is 13.9 Å². The molecule has 40 heavy (non-hydrogen) atoms. The smallest absolute Gasteiger partial charge is 0.264 e. The second-order valence-electron chi connectivity index (χ2n) is 10.2. The van der Waals surface area contributed by atoms with Gasteiger partial charge in [-0.15, -0.1) is 0 Å². The highest BCUT2D eigenvalue weighted by atomic mass is 35.5. The number of hydrogen-bond acceptors (Lipinski definition) is 5. The number of nitrogens with one attached hydrogen (secondary N) is 1. The quantitative estimate of drug-likeness (QED) is 0.358. The van der Waals surface area contributed by atoms with E-state index in [1.807, 2.05) is 20.8 Å². The normalized spacial score (nSPS) is 12.4. The van der Waals surface area contributed by atoms with Crippen molar-refractivity contribution in [1.29, 1.82) is 0 Å². The molecule has 0 spiro atoms. The van der Waals surface area contributed by atoms with Gasteiger partial charge < -0.3 is 15.0 Å². The molecule has 0 aliphatic rings. The standard InChI is InChI=1S/C29H33ClFN3O5S/c1-20(28(36)32-29(2,3)4)33(18-21-11-13-22(31)14-12-21)27(35)19-34(23-15-16-26(39-5)25(30)17-23)40(37,38)24-9-7-6-8-10-24/h6-17,20H,18-19H2,1-5H3,(H,32,36)/t20-/m0/s1. The van der Waals surface area contributed by atoms with Gasteiger partial charge in [0.25, 0.3) is 10.0 Å². The molecule has 0 unspecified atom stereocenters. The fourth-order valence-corrected chi connectivity index (χ4v) is 5.58. The summed E-state index contributed by atoms with van der Waals surface area (Å²) in [5.74, 6) is -1.18. The molecule has 3 rings (SSSR count). The fourth-order valence-electron chi connectivity index (χ4n) is 3.90. The first-order chi connectivity index (χ1) is 18.7. The van der Waals surface area contributed by atoms with Crippen molar-refractivity contribution < 1.29 is 27.1 Å². The van der Waals surface area contributed by atoms with Crippen LogP contribution in [0.4, 0.5) is 10.1 Å². The lowest BCUT2D eigenvalue weighted by Gasteiger charge is -2.33. The highest BCUT2D eigenvalue weighted by Crippen LogP contribution is 2.32. The van der Waals surface area contributed by atoms with E-state index >= 15 is 0 Å². The third-order valence-electron chi connectivity index (χ3n) is 5.97. The Morgan fingerprint density at radius 3 is 2.20 bits per heavy atom. The Morgan fingerprint density at radius 2 is 1.65 bits per heavy atom. The summed E-state index contributed by atoms with van der Waals surface area (Å²) in [5.41, 5.74) is 0.130. The van der Waals surface area contributed by atoms with Gasteiger partial charge in [0.2, 0.25) is 11.8 Å². The van der Waals surface area contributed by atoms with Crippen LogP contribution in [0.5, 0.6) is 5.75 Å². The first kappa shape index (κ1) is 30.9. The van der Waals surface area contributed by atoms with Gasteiger partial charge in [0.1, 0.15) is 24.2 Å². The second kappa shape index (κ2) is 12.7. The lowest BCUT2D eigenvalue weighted by atomic mass is 10.1. The van der Waals surface area contributed by atoms with Crippen molar-refractivity contribution in [1.82, 2.24) is 10.2 Å². The number of carbonyl (C=O) groups excluding carboxylic acids is 2. The van der Waals surface area contributed by atoms with Crippen molar-refractivity contribution in [2.75, 3.05) is 18.0 Å². The van der Waals surface area contributed by atoms with E-state index in [-0.39, 0.29) is 22.2 Å². The van der Waals surface area contributed by atoms with Crippen LogP contribution in [-0.4, -0.2) is 50.4 Å². The Kier molecular flexibility index (Phi) is 9.81. The first-order valence-electron chi connectivity index (χ1n) is 12.5. The van der Waals surface area contributed by atoms with Crippen LogP contribution in [0.1, 0.15) is 33.3 Å². The summed E-state index contributed by atoms with van der Waals surface area (Å²) in [4.78, 5) is 28.3. The molecular weight excluding hydrogens is 557 g/mol. The van der Waals surface area contributed by atoms with Gasteiger partial charge in [0, 0.05) is 12.1 Å². The molecule has 8 nitrogen and oxygen atoms in total. The van der Waals surface area contributed by atoms with Crippen LogP contribution >= 0.6 is 11.6 Å². The number of ether oxygens (including phenoxy) is 1. The van der Waals surface area contributed by atoms with Crippen LogP contribution in [0, 0.1) is 5.82 Å². The van der Waals surface area contributed by atoms with E-state index in [4.69, 9.17) is 16.3 Å². The number of nitrogens with zero attached hydrogens (tertiary/aromatic N) is 2. The van der Waals surface area contributed by atoms with Crippen LogP contribution in [0.15, 0.2) is 77.7 Å². The molecule has 2 amide bonds. The number of benzene rings is 3.